The Morgan fingerprint density at radius 2 is 1.59 bits per heavy atom. The van der Waals surface area contributed by atoms with E-state index in [4.69, 9.17) is 9.47 Å². The highest BCUT2D eigenvalue weighted by atomic mass is 16.5. The number of benzene rings is 1. The zero-order valence-corrected chi connectivity index (χ0v) is 11.2. The van der Waals surface area contributed by atoms with Gasteiger partial charge in [0.1, 0.15) is 11.5 Å². The van der Waals surface area contributed by atoms with E-state index < -0.39 is 0 Å². The maximum atomic E-state index is 5.66. The van der Waals surface area contributed by atoms with E-state index in [9.17, 15) is 0 Å². The fourth-order valence-corrected chi connectivity index (χ4v) is 1.91. The lowest BCUT2D eigenvalue weighted by atomic mass is 10.0. The van der Waals surface area contributed by atoms with Crippen LogP contribution in [0.25, 0.3) is 6.08 Å². The molecule has 0 aromatic heterocycles. The van der Waals surface area contributed by atoms with E-state index in [-0.39, 0.29) is 0 Å². The largest absolute Gasteiger partial charge is 0.494 e. The van der Waals surface area contributed by atoms with Gasteiger partial charge in [-0.3, -0.25) is 0 Å². The van der Waals surface area contributed by atoms with Crippen LogP contribution in [0.15, 0.2) is 18.2 Å². The molecule has 1 aromatic rings. The minimum Gasteiger partial charge on any atom is -0.494 e. The molecule has 1 aromatic carbocycles. The molecule has 0 heterocycles. The Kier molecular flexibility index (Phi) is 5.61. The fourth-order valence-electron chi connectivity index (χ4n) is 1.91. The van der Waals surface area contributed by atoms with Gasteiger partial charge in [-0.25, -0.2) is 0 Å². The zero-order chi connectivity index (χ0) is 12.7. The molecule has 0 N–H and O–H groups in total. The second kappa shape index (κ2) is 7.00. The van der Waals surface area contributed by atoms with E-state index in [0.29, 0.717) is 13.2 Å². The van der Waals surface area contributed by atoms with Gasteiger partial charge in [-0.1, -0.05) is 19.1 Å². The molecule has 0 spiro atoms. The van der Waals surface area contributed by atoms with Crippen molar-refractivity contribution in [1.29, 1.82) is 0 Å². The summed E-state index contributed by atoms with van der Waals surface area (Å²) in [5.74, 6) is 1.90. The molecule has 0 bridgehead atoms. The van der Waals surface area contributed by atoms with Crippen molar-refractivity contribution in [2.45, 2.75) is 34.1 Å². The number of rotatable bonds is 6. The van der Waals surface area contributed by atoms with Crippen molar-refractivity contribution in [3.05, 3.63) is 29.3 Å². The standard InChI is InChI=1S/C15H22O2/c1-5-9-13-12(6-2)14(16-7-3)10-11-15(13)17-8-4/h5,9-11H,6-8H2,1-4H3/b9-5-. The molecular weight excluding hydrogens is 212 g/mol. The van der Waals surface area contributed by atoms with Gasteiger partial charge >= 0.3 is 0 Å². The van der Waals surface area contributed by atoms with Gasteiger partial charge < -0.3 is 9.47 Å². The highest BCUT2D eigenvalue weighted by molar-refractivity contribution is 5.64. The van der Waals surface area contributed by atoms with Crippen LogP contribution in [0.3, 0.4) is 0 Å². The predicted octanol–water partition coefficient (Wildman–Crippen LogP) is 4.08. The number of hydrogen-bond acceptors (Lipinski definition) is 2. The number of hydrogen-bond donors (Lipinski definition) is 0. The maximum Gasteiger partial charge on any atom is 0.127 e. The first-order chi connectivity index (χ1) is 8.28. The Morgan fingerprint density at radius 3 is 2.12 bits per heavy atom. The number of ether oxygens (including phenoxy) is 2. The van der Waals surface area contributed by atoms with Crippen molar-refractivity contribution < 1.29 is 9.47 Å². The SMILES string of the molecule is C/C=C\c1c(OCC)ccc(OCC)c1CC. The highest BCUT2D eigenvalue weighted by Crippen LogP contribution is 2.32. The van der Waals surface area contributed by atoms with Crippen LogP contribution >= 0.6 is 0 Å². The van der Waals surface area contributed by atoms with Crippen molar-refractivity contribution >= 4 is 6.08 Å². The lowest BCUT2D eigenvalue weighted by Crippen LogP contribution is -2.01. The van der Waals surface area contributed by atoms with Gasteiger partial charge in [0, 0.05) is 11.1 Å². The molecule has 0 aliphatic carbocycles. The van der Waals surface area contributed by atoms with Crippen LogP contribution in [0, 0.1) is 0 Å². The minimum atomic E-state index is 0.682. The van der Waals surface area contributed by atoms with E-state index in [0.717, 1.165) is 23.5 Å². The average molecular weight is 234 g/mol. The van der Waals surface area contributed by atoms with Gasteiger partial charge in [-0.2, -0.15) is 0 Å². The molecule has 17 heavy (non-hydrogen) atoms. The first-order valence-electron chi connectivity index (χ1n) is 6.32. The molecule has 94 valence electrons. The molecule has 0 unspecified atom stereocenters. The lowest BCUT2D eigenvalue weighted by molar-refractivity contribution is 0.327. The van der Waals surface area contributed by atoms with Gasteiger partial charge in [0.2, 0.25) is 0 Å². The topological polar surface area (TPSA) is 18.5 Å². The van der Waals surface area contributed by atoms with Crippen molar-refractivity contribution in [1.82, 2.24) is 0 Å². The second-order valence-electron chi connectivity index (χ2n) is 3.67. The molecule has 0 saturated carbocycles. The van der Waals surface area contributed by atoms with Gasteiger partial charge in [0.25, 0.3) is 0 Å². The molecule has 0 saturated heterocycles. The van der Waals surface area contributed by atoms with Crippen LogP contribution in [0.5, 0.6) is 11.5 Å². The summed E-state index contributed by atoms with van der Waals surface area (Å²) in [5, 5.41) is 0. The molecule has 0 amide bonds. The Balaban J connectivity index is 3.27. The summed E-state index contributed by atoms with van der Waals surface area (Å²) in [4.78, 5) is 0. The van der Waals surface area contributed by atoms with Crippen LogP contribution in [0.2, 0.25) is 0 Å². The van der Waals surface area contributed by atoms with Crippen LogP contribution in [0.1, 0.15) is 38.8 Å². The van der Waals surface area contributed by atoms with Crippen molar-refractivity contribution in [2.24, 2.45) is 0 Å². The molecule has 0 aliphatic rings. The zero-order valence-electron chi connectivity index (χ0n) is 11.2. The molecule has 2 nitrogen and oxygen atoms in total. The monoisotopic (exact) mass is 234 g/mol. The lowest BCUT2D eigenvalue weighted by Gasteiger charge is -2.15. The van der Waals surface area contributed by atoms with E-state index in [1.54, 1.807) is 0 Å². The Labute approximate surface area is 104 Å². The maximum absolute atomic E-state index is 5.66. The Morgan fingerprint density at radius 1 is 1.00 bits per heavy atom. The minimum absolute atomic E-state index is 0.682. The molecular formula is C15H22O2. The van der Waals surface area contributed by atoms with E-state index in [1.165, 1.54) is 5.56 Å². The third-order valence-electron chi connectivity index (χ3n) is 2.56. The van der Waals surface area contributed by atoms with Crippen LogP contribution in [-0.4, -0.2) is 13.2 Å². The summed E-state index contributed by atoms with van der Waals surface area (Å²) in [6, 6.07) is 3.99. The van der Waals surface area contributed by atoms with Crippen LogP contribution in [-0.2, 0) is 6.42 Å². The van der Waals surface area contributed by atoms with E-state index in [2.05, 4.69) is 13.0 Å². The van der Waals surface area contributed by atoms with Gasteiger partial charge in [0.05, 0.1) is 13.2 Å². The van der Waals surface area contributed by atoms with Gasteiger partial charge in [-0.05, 0) is 39.3 Å². The molecule has 2 heteroatoms. The summed E-state index contributed by atoms with van der Waals surface area (Å²) in [7, 11) is 0. The van der Waals surface area contributed by atoms with Crippen molar-refractivity contribution in [2.75, 3.05) is 13.2 Å². The summed E-state index contributed by atoms with van der Waals surface area (Å²) < 4.78 is 11.3. The quantitative estimate of drug-likeness (QED) is 0.738. The third-order valence-corrected chi connectivity index (χ3v) is 2.56. The van der Waals surface area contributed by atoms with Crippen LogP contribution < -0.4 is 9.47 Å². The summed E-state index contributed by atoms with van der Waals surface area (Å²) in [5.41, 5.74) is 2.36. The average Bonchev–Trinajstić information content (AvgIpc) is 2.33. The Bertz CT molecular complexity index is 381. The predicted molar refractivity (Wildman–Crippen MR) is 72.9 cm³/mol. The molecule has 0 atom stereocenters. The summed E-state index contributed by atoms with van der Waals surface area (Å²) in [6.07, 6.45) is 5.06. The van der Waals surface area contributed by atoms with Crippen LogP contribution in [0.4, 0.5) is 0 Å². The van der Waals surface area contributed by atoms with Gasteiger partial charge in [0.15, 0.2) is 0 Å². The van der Waals surface area contributed by atoms with E-state index >= 15 is 0 Å². The normalized spacial score (nSPS) is 10.8. The Hall–Kier alpha value is -1.44. The molecule has 1 rings (SSSR count). The van der Waals surface area contributed by atoms with Gasteiger partial charge in [-0.15, -0.1) is 0 Å². The smallest absolute Gasteiger partial charge is 0.127 e. The first kappa shape index (κ1) is 13.6. The second-order valence-corrected chi connectivity index (χ2v) is 3.67. The summed E-state index contributed by atoms with van der Waals surface area (Å²) >= 11 is 0. The van der Waals surface area contributed by atoms with E-state index in [1.807, 2.05) is 39.0 Å². The first-order valence-corrected chi connectivity index (χ1v) is 6.32. The molecule has 0 fully saturated rings. The number of allylic oxidation sites excluding steroid dienone is 1. The highest BCUT2D eigenvalue weighted by Gasteiger charge is 2.11. The third kappa shape index (κ3) is 3.26. The molecule has 0 aliphatic heterocycles. The van der Waals surface area contributed by atoms with Crippen molar-refractivity contribution in [3.63, 3.8) is 0 Å². The molecule has 0 radical (unpaired) electrons. The van der Waals surface area contributed by atoms with Crippen molar-refractivity contribution in [3.8, 4) is 11.5 Å². The summed E-state index contributed by atoms with van der Waals surface area (Å²) in [6.45, 7) is 9.54. The fraction of sp³-hybridized carbons (Fsp3) is 0.467.